The molecule has 0 radical (unpaired) electrons. The van der Waals surface area contributed by atoms with E-state index in [2.05, 4.69) is 17.1 Å². The number of carbonyl (C=O) groups is 1. The Morgan fingerprint density at radius 1 is 1.47 bits per heavy atom. The molecule has 1 fully saturated rings. The fourth-order valence-electron chi connectivity index (χ4n) is 1.91. The van der Waals surface area contributed by atoms with Gasteiger partial charge in [0.1, 0.15) is 0 Å². The second kappa shape index (κ2) is 5.47. The summed E-state index contributed by atoms with van der Waals surface area (Å²) in [7, 11) is 1.68. The van der Waals surface area contributed by atoms with Crippen molar-refractivity contribution in [2.24, 2.45) is 11.1 Å². The van der Waals surface area contributed by atoms with E-state index in [0.29, 0.717) is 11.8 Å². The Morgan fingerprint density at radius 3 is 2.53 bits per heavy atom. The number of amides is 1. The quantitative estimate of drug-likeness (QED) is 0.700. The summed E-state index contributed by atoms with van der Waals surface area (Å²) in [6.07, 6.45) is 2.91. The molecule has 1 saturated heterocycles. The molecule has 4 nitrogen and oxygen atoms in total. The van der Waals surface area contributed by atoms with Gasteiger partial charge in [-0.3, -0.25) is 4.79 Å². The van der Waals surface area contributed by atoms with Crippen LogP contribution in [-0.4, -0.2) is 44.0 Å². The standard InChI is InChI=1S/C11H23N3O/c1-11(9-12)4-7-14(8-5-11)6-3-10(15)13-2/h3-9,12H2,1-2H3,(H,13,15). The Kier molecular flexibility index (Phi) is 4.54. The normalized spacial score (nSPS) is 21.3. The van der Waals surface area contributed by atoms with Crippen molar-refractivity contribution in [1.82, 2.24) is 10.2 Å². The number of rotatable bonds is 4. The lowest BCUT2D eigenvalue weighted by Crippen LogP contribution is -2.43. The van der Waals surface area contributed by atoms with Crippen molar-refractivity contribution in [2.45, 2.75) is 26.2 Å². The van der Waals surface area contributed by atoms with Gasteiger partial charge in [-0.05, 0) is 37.9 Å². The first kappa shape index (κ1) is 12.5. The van der Waals surface area contributed by atoms with Gasteiger partial charge in [0, 0.05) is 20.0 Å². The van der Waals surface area contributed by atoms with Gasteiger partial charge < -0.3 is 16.0 Å². The summed E-state index contributed by atoms with van der Waals surface area (Å²) in [5, 5.41) is 2.65. The summed E-state index contributed by atoms with van der Waals surface area (Å²) in [4.78, 5) is 13.4. The molecule has 0 saturated carbocycles. The minimum Gasteiger partial charge on any atom is -0.359 e. The van der Waals surface area contributed by atoms with E-state index < -0.39 is 0 Å². The first-order chi connectivity index (χ1) is 7.09. The van der Waals surface area contributed by atoms with Gasteiger partial charge in [0.05, 0.1) is 0 Å². The van der Waals surface area contributed by atoms with E-state index in [0.717, 1.165) is 39.0 Å². The zero-order valence-electron chi connectivity index (χ0n) is 9.88. The van der Waals surface area contributed by atoms with Crippen molar-refractivity contribution in [3.63, 3.8) is 0 Å². The smallest absolute Gasteiger partial charge is 0.221 e. The Morgan fingerprint density at radius 2 is 2.07 bits per heavy atom. The van der Waals surface area contributed by atoms with Gasteiger partial charge >= 0.3 is 0 Å². The van der Waals surface area contributed by atoms with Gasteiger partial charge in [-0.15, -0.1) is 0 Å². The maximum absolute atomic E-state index is 11.1. The predicted octanol–water partition coefficient (Wildman–Crippen LogP) is 0.183. The lowest BCUT2D eigenvalue weighted by Gasteiger charge is -2.38. The van der Waals surface area contributed by atoms with Crippen molar-refractivity contribution in [2.75, 3.05) is 33.2 Å². The molecule has 4 heteroatoms. The first-order valence-electron chi connectivity index (χ1n) is 5.73. The largest absolute Gasteiger partial charge is 0.359 e. The Labute approximate surface area is 92.2 Å². The highest BCUT2D eigenvalue weighted by Crippen LogP contribution is 2.29. The van der Waals surface area contributed by atoms with Crippen LogP contribution in [0.25, 0.3) is 0 Å². The topological polar surface area (TPSA) is 58.4 Å². The van der Waals surface area contributed by atoms with Crippen LogP contribution in [0.2, 0.25) is 0 Å². The minimum absolute atomic E-state index is 0.127. The number of hydrogen-bond acceptors (Lipinski definition) is 3. The molecular formula is C11H23N3O. The molecule has 0 aromatic heterocycles. The molecule has 3 N–H and O–H groups in total. The SMILES string of the molecule is CNC(=O)CCN1CCC(C)(CN)CC1. The van der Waals surface area contributed by atoms with E-state index in [1.54, 1.807) is 7.05 Å². The third kappa shape index (κ3) is 3.80. The third-order valence-electron chi connectivity index (χ3n) is 3.49. The molecule has 1 amide bonds. The van der Waals surface area contributed by atoms with E-state index in [1.807, 2.05) is 0 Å². The molecule has 0 unspecified atom stereocenters. The second-order valence-corrected chi connectivity index (χ2v) is 4.78. The minimum atomic E-state index is 0.127. The zero-order chi connectivity index (χ0) is 11.3. The molecule has 0 atom stereocenters. The molecule has 0 aromatic rings. The zero-order valence-corrected chi connectivity index (χ0v) is 9.88. The summed E-state index contributed by atoms with van der Waals surface area (Å²) in [6.45, 7) is 6.05. The molecule has 15 heavy (non-hydrogen) atoms. The fourth-order valence-corrected chi connectivity index (χ4v) is 1.91. The monoisotopic (exact) mass is 213 g/mol. The fraction of sp³-hybridized carbons (Fsp3) is 0.909. The average Bonchev–Trinajstić information content (AvgIpc) is 2.28. The summed E-state index contributed by atoms with van der Waals surface area (Å²) in [5.74, 6) is 0.127. The van der Waals surface area contributed by atoms with E-state index in [-0.39, 0.29) is 5.91 Å². The highest BCUT2D eigenvalue weighted by molar-refractivity contribution is 5.75. The van der Waals surface area contributed by atoms with Gasteiger partial charge in [0.25, 0.3) is 0 Å². The van der Waals surface area contributed by atoms with Gasteiger partial charge in [0.2, 0.25) is 5.91 Å². The van der Waals surface area contributed by atoms with Crippen LogP contribution in [0, 0.1) is 5.41 Å². The van der Waals surface area contributed by atoms with Crippen LogP contribution < -0.4 is 11.1 Å². The Balaban J connectivity index is 2.23. The lowest BCUT2D eigenvalue weighted by atomic mass is 9.80. The molecule has 0 aromatic carbocycles. The van der Waals surface area contributed by atoms with Crippen LogP contribution in [0.5, 0.6) is 0 Å². The summed E-state index contributed by atoms with van der Waals surface area (Å²) in [5.41, 5.74) is 6.07. The van der Waals surface area contributed by atoms with Crippen LogP contribution in [-0.2, 0) is 4.79 Å². The number of hydrogen-bond donors (Lipinski definition) is 2. The van der Waals surface area contributed by atoms with Crippen LogP contribution in [0.15, 0.2) is 0 Å². The van der Waals surface area contributed by atoms with Crippen molar-refractivity contribution in [1.29, 1.82) is 0 Å². The summed E-state index contributed by atoms with van der Waals surface area (Å²) in [6, 6.07) is 0. The van der Waals surface area contributed by atoms with Crippen LogP contribution in [0.1, 0.15) is 26.2 Å². The number of nitrogens with two attached hydrogens (primary N) is 1. The predicted molar refractivity (Wildman–Crippen MR) is 61.5 cm³/mol. The highest BCUT2D eigenvalue weighted by Gasteiger charge is 2.28. The van der Waals surface area contributed by atoms with Gasteiger partial charge in [-0.1, -0.05) is 6.92 Å². The van der Waals surface area contributed by atoms with Gasteiger partial charge in [0.15, 0.2) is 0 Å². The molecule has 1 aliphatic heterocycles. The molecule has 0 spiro atoms. The molecule has 1 heterocycles. The first-order valence-corrected chi connectivity index (χ1v) is 5.73. The number of piperidine rings is 1. The van der Waals surface area contributed by atoms with Crippen molar-refractivity contribution < 1.29 is 4.79 Å². The number of nitrogens with zero attached hydrogens (tertiary/aromatic N) is 1. The Bertz CT molecular complexity index is 210. The van der Waals surface area contributed by atoms with Crippen LogP contribution in [0.3, 0.4) is 0 Å². The molecule has 0 aliphatic carbocycles. The summed E-state index contributed by atoms with van der Waals surface area (Å²) >= 11 is 0. The highest BCUT2D eigenvalue weighted by atomic mass is 16.1. The molecule has 1 rings (SSSR count). The average molecular weight is 213 g/mol. The molecule has 88 valence electrons. The van der Waals surface area contributed by atoms with E-state index in [4.69, 9.17) is 5.73 Å². The molecule has 1 aliphatic rings. The van der Waals surface area contributed by atoms with E-state index >= 15 is 0 Å². The van der Waals surface area contributed by atoms with Crippen LogP contribution >= 0.6 is 0 Å². The number of likely N-dealkylation sites (tertiary alicyclic amines) is 1. The van der Waals surface area contributed by atoms with Crippen LogP contribution in [0.4, 0.5) is 0 Å². The van der Waals surface area contributed by atoms with Gasteiger partial charge in [-0.2, -0.15) is 0 Å². The van der Waals surface area contributed by atoms with Crippen molar-refractivity contribution >= 4 is 5.91 Å². The van der Waals surface area contributed by atoms with E-state index in [1.165, 1.54) is 0 Å². The maximum Gasteiger partial charge on any atom is 0.221 e. The Hall–Kier alpha value is -0.610. The lowest BCUT2D eigenvalue weighted by molar-refractivity contribution is -0.121. The maximum atomic E-state index is 11.1. The second-order valence-electron chi connectivity index (χ2n) is 4.78. The third-order valence-corrected chi connectivity index (χ3v) is 3.49. The number of carbonyl (C=O) groups excluding carboxylic acids is 1. The summed E-state index contributed by atoms with van der Waals surface area (Å²) < 4.78 is 0. The van der Waals surface area contributed by atoms with Crippen molar-refractivity contribution in [3.8, 4) is 0 Å². The van der Waals surface area contributed by atoms with Gasteiger partial charge in [-0.25, -0.2) is 0 Å². The van der Waals surface area contributed by atoms with Crippen molar-refractivity contribution in [3.05, 3.63) is 0 Å². The molecular weight excluding hydrogens is 190 g/mol. The molecule has 0 bridgehead atoms. The number of nitrogens with one attached hydrogen (secondary N) is 1. The van der Waals surface area contributed by atoms with E-state index in [9.17, 15) is 4.79 Å².